The number of benzene rings is 1. The Balaban J connectivity index is 2.39. The Morgan fingerprint density at radius 2 is 2.14 bits per heavy atom. The maximum Gasteiger partial charge on any atom is 0.407 e. The van der Waals surface area contributed by atoms with E-state index >= 15 is 0 Å². The molecule has 122 valence electrons. The average molecular weight is 346 g/mol. The smallest absolute Gasteiger partial charge is 0.407 e. The monoisotopic (exact) mass is 345 g/mol. The number of aliphatic hydroxyl groups excluding tert-OH is 1. The highest BCUT2D eigenvalue weighted by Gasteiger charge is 2.49. The molecule has 0 radical (unpaired) electrons. The number of nitrogens with zero attached hydrogens (tertiary/aromatic N) is 1. The lowest BCUT2D eigenvalue weighted by Crippen LogP contribution is -2.51. The van der Waals surface area contributed by atoms with E-state index in [9.17, 15) is 15.0 Å². The van der Waals surface area contributed by atoms with E-state index in [0.717, 1.165) is 19.3 Å². The van der Waals surface area contributed by atoms with Crippen LogP contribution in [0.4, 0.5) is 4.79 Å². The summed E-state index contributed by atoms with van der Waals surface area (Å²) in [7, 11) is 0. The molecule has 0 aliphatic carbocycles. The van der Waals surface area contributed by atoms with Crippen molar-refractivity contribution in [3.05, 3.63) is 33.8 Å². The van der Waals surface area contributed by atoms with Crippen LogP contribution in [0.2, 0.25) is 10.0 Å². The van der Waals surface area contributed by atoms with Crippen LogP contribution in [0.15, 0.2) is 18.2 Å². The van der Waals surface area contributed by atoms with Crippen LogP contribution in [0.1, 0.15) is 50.7 Å². The maximum atomic E-state index is 11.6. The molecule has 4 nitrogen and oxygen atoms in total. The van der Waals surface area contributed by atoms with Gasteiger partial charge in [-0.05, 0) is 37.0 Å². The molecule has 2 unspecified atom stereocenters. The number of carbonyl (C=O) groups is 1. The van der Waals surface area contributed by atoms with Crippen molar-refractivity contribution in [1.82, 2.24) is 4.90 Å². The zero-order valence-corrected chi connectivity index (χ0v) is 14.1. The standard InChI is InChI=1S/C16H21Cl2NO3/c1-2-3-7-16(8-4-9-19(16)15(21)22)14(20)11-5-6-12(17)13(18)10-11/h5-6,10,14,20H,2-4,7-9H2,1H3,(H,21,22). The van der Waals surface area contributed by atoms with Crippen molar-refractivity contribution in [2.75, 3.05) is 6.54 Å². The van der Waals surface area contributed by atoms with Gasteiger partial charge >= 0.3 is 6.09 Å². The number of carboxylic acid groups (broad SMARTS) is 1. The molecule has 0 spiro atoms. The lowest BCUT2D eigenvalue weighted by Gasteiger charge is -2.41. The lowest BCUT2D eigenvalue weighted by atomic mass is 9.81. The SMILES string of the molecule is CCCCC1(C(O)c2ccc(Cl)c(Cl)c2)CCCN1C(=O)O. The number of hydrogen-bond donors (Lipinski definition) is 2. The molecule has 1 aromatic carbocycles. The third kappa shape index (κ3) is 3.19. The van der Waals surface area contributed by atoms with E-state index in [-0.39, 0.29) is 0 Å². The minimum Gasteiger partial charge on any atom is -0.465 e. The molecule has 2 rings (SSSR count). The van der Waals surface area contributed by atoms with Crippen LogP contribution < -0.4 is 0 Å². The van der Waals surface area contributed by atoms with Crippen LogP contribution in [-0.4, -0.2) is 33.3 Å². The summed E-state index contributed by atoms with van der Waals surface area (Å²) in [6, 6.07) is 4.97. The second-order valence-electron chi connectivity index (χ2n) is 5.82. The Morgan fingerprint density at radius 1 is 1.41 bits per heavy atom. The molecule has 6 heteroatoms. The van der Waals surface area contributed by atoms with Crippen molar-refractivity contribution in [3.63, 3.8) is 0 Å². The number of amides is 1. The van der Waals surface area contributed by atoms with Gasteiger partial charge in [0.1, 0.15) is 6.10 Å². The topological polar surface area (TPSA) is 60.8 Å². The summed E-state index contributed by atoms with van der Waals surface area (Å²) in [5.74, 6) is 0. The van der Waals surface area contributed by atoms with Crippen molar-refractivity contribution >= 4 is 29.3 Å². The minimum absolute atomic E-state index is 0.365. The summed E-state index contributed by atoms with van der Waals surface area (Å²) in [5.41, 5.74) is -0.169. The molecule has 1 amide bonds. The first-order valence-electron chi connectivity index (χ1n) is 7.56. The van der Waals surface area contributed by atoms with E-state index in [4.69, 9.17) is 23.2 Å². The van der Waals surface area contributed by atoms with Crippen LogP contribution in [-0.2, 0) is 0 Å². The minimum atomic E-state index is -0.979. The fraction of sp³-hybridized carbons (Fsp3) is 0.562. The van der Waals surface area contributed by atoms with Gasteiger partial charge in [-0.25, -0.2) is 4.79 Å². The largest absolute Gasteiger partial charge is 0.465 e. The highest BCUT2D eigenvalue weighted by atomic mass is 35.5. The van der Waals surface area contributed by atoms with E-state index in [1.54, 1.807) is 18.2 Å². The van der Waals surface area contributed by atoms with Crippen molar-refractivity contribution in [2.45, 2.75) is 50.7 Å². The molecule has 0 saturated carbocycles. The summed E-state index contributed by atoms with van der Waals surface area (Å²) in [6.45, 7) is 2.51. The zero-order valence-electron chi connectivity index (χ0n) is 12.6. The van der Waals surface area contributed by atoms with E-state index in [2.05, 4.69) is 6.92 Å². The number of likely N-dealkylation sites (tertiary alicyclic amines) is 1. The molecule has 1 aliphatic rings. The molecule has 0 aromatic heterocycles. The van der Waals surface area contributed by atoms with Crippen molar-refractivity contribution in [2.24, 2.45) is 0 Å². The maximum absolute atomic E-state index is 11.6. The quantitative estimate of drug-likeness (QED) is 0.810. The Labute approximate surface area is 140 Å². The second-order valence-corrected chi connectivity index (χ2v) is 6.64. The van der Waals surface area contributed by atoms with E-state index in [1.165, 1.54) is 4.90 Å². The highest BCUT2D eigenvalue weighted by molar-refractivity contribution is 6.42. The predicted octanol–water partition coefficient (Wildman–Crippen LogP) is 4.73. The summed E-state index contributed by atoms with van der Waals surface area (Å²) in [4.78, 5) is 13.0. The van der Waals surface area contributed by atoms with Crippen LogP contribution >= 0.6 is 23.2 Å². The Morgan fingerprint density at radius 3 is 2.73 bits per heavy atom. The third-order valence-corrected chi connectivity index (χ3v) is 5.23. The summed E-state index contributed by atoms with van der Waals surface area (Å²) < 4.78 is 0. The van der Waals surface area contributed by atoms with Gasteiger partial charge in [0.15, 0.2) is 0 Å². The summed E-state index contributed by atoms with van der Waals surface area (Å²) in [6.07, 6.45) is 1.97. The van der Waals surface area contributed by atoms with Gasteiger partial charge in [-0.15, -0.1) is 0 Å². The Bertz CT molecular complexity index is 552. The van der Waals surface area contributed by atoms with Gasteiger partial charge in [0, 0.05) is 6.54 Å². The fourth-order valence-electron chi connectivity index (χ4n) is 3.34. The summed E-state index contributed by atoms with van der Waals surface area (Å²) >= 11 is 12.0. The van der Waals surface area contributed by atoms with Crippen molar-refractivity contribution in [1.29, 1.82) is 0 Å². The molecule has 2 atom stereocenters. The Kier molecular flexibility index (Phi) is 5.59. The second kappa shape index (κ2) is 7.07. The first kappa shape index (κ1) is 17.4. The normalized spacial score (nSPS) is 22.8. The summed E-state index contributed by atoms with van der Waals surface area (Å²) in [5, 5.41) is 21.2. The number of rotatable bonds is 5. The van der Waals surface area contributed by atoms with Gasteiger partial charge in [0.05, 0.1) is 15.6 Å². The number of unbranched alkanes of at least 4 members (excludes halogenated alkanes) is 1. The van der Waals surface area contributed by atoms with Crippen molar-refractivity contribution < 1.29 is 15.0 Å². The molecular weight excluding hydrogens is 325 g/mol. The van der Waals surface area contributed by atoms with Gasteiger partial charge in [0.2, 0.25) is 0 Å². The van der Waals surface area contributed by atoms with Crippen LogP contribution in [0, 0.1) is 0 Å². The van der Waals surface area contributed by atoms with Crippen LogP contribution in [0.25, 0.3) is 0 Å². The first-order chi connectivity index (χ1) is 10.4. The molecule has 1 aromatic rings. The van der Waals surface area contributed by atoms with E-state index < -0.39 is 17.7 Å². The lowest BCUT2D eigenvalue weighted by molar-refractivity contribution is -0.00908. The van der Waals surface area contributed by atoms with Crippen LogP contribution in [0.3, 0.4) is 0 Å². The average Bonchev–Trinajstić information content (AvgIpc) is 2.92. The predicted molar refractivity (Wildman–Crippen MR) is 87.6 cm³/mol. The van der Waals surface area contributed by atoms with Crippen molar-refractivity contribution in [3.8, 4) is 0 Å². The van der Waals surface area contributed by atoms with Gasteiger partial charge in [-0.2, -0.15) is 0 Å². The molecule has 1 heterocycles. The van der Waals surface area contributed by atoms with E-state index in [1.807, 2.05) is 0 Å². The number of halogens is 2. The van der Waals surface area contributed by atoms with Gasteiger partial charge in [-0.3, -0.25) is 4.90 Å². The van der Waals surface area contributed by atoms with Gasteiger partial charge in [-0.1, -0.05) is 49.0 Å². The third-order valence-electron chi connectivity index (χ3n) is 4.49. The molecular formula is C16H21Cl2NO3. The molecule has 1 saturated heterocycles. The fourth-order valence-corrected chi connectivity index (χ4v) is 3.65. The zero-order chi connectivity index (χ0) is 16.3. The molecule has 22 heavy (non-hydrogen) atoms. The van der Waals surface area contributed by atoms with Crippen LogP contribution in [0.5, 0.6) is 0 Å². The molecule has 1 fully saturated rings. The first-order valence-corrected chi connectivity index (χ1v) is 8.31. The van der Waals surface area contributed by atoms with Gasteiger partial charge < -0.3 is 10.2 Å². The highest BCUT2D eigenvalue weighted by Crippen LogP contribution is 2.44. The molecule has 0 bridgehead atoms. The van der Waals surface area contributed by atoms with E-state index in [0.29, 0.717) is 35.0 Å². The number of aliphatic hydroxyl groups is 1. The number of hydrogen-bond acceptors (Lipinski definition) is 2. The molecule has 1 aliphatic heterocycles. The molecule has 2 N–H and O–H groups in total. The van der Waals surface area contributed by atoms with Gasteiger partial charge in [0.25, 0.3) is 0 Å². The Hall–Kier alpha value is -0.970.